The van der Waals surface area contributed by atoms with E-state index in [1.54, 1.807) is 129 Å². The highest BCUT2D eigenvalue weighted by atomic mass is 32.2. The summed E-state index contributed by atoms with van der Waals surface area (Å²) in [6.45, 7) is 41.2. The van der Waals surface area contributed by atoms with Gasteiger partial charge in [0, 0.05) is 129 Å². The molecule has 9 aromatic rings. The van der Waals surface area contributed by atoms with Crippen molar-refractivity contribution in [3.05, 3.63) is 126 Å². The molecule has 3 amide bonds. The van der Waals surface area contributed by atoms with E-state index in [1.165, 1.54) is 32.6 Å². The average Bonchev–Trinajstić information content (AvgIpc) is 1.56. The highest BCUT2D eigenvalue weighted by molar-refractivity contribution is 7.90. The van der Waals surface area contributed by atoms with Gasteiger partial charge in [-0.3, -0.25) is 28.4 Å². The van der Waals surface area contributed by atoms with E-state index in [-0.39, 0.29) is 64.2 Å². The number of hydrogen-bond acceptors (Lipinski definition) is 24. The number of carbonyl (C=O) groups is 3. The predicted octanol–water partition coefficient (Wildman–Crippen LogP) is 11.6. The molecule has 9 aromatic heterocycles. The van der Waals surface area contributed by atoms with E-state index in [1.807, 2.05) is 0 Å². The van der Waals surface area contributed by atoms with E-state index < -0.39 is 47.8 Å². The first-order chi connectivity index (χ1) is 56.0. The quantitative estimate of drug-likeness (QED) is 0.0430. The van der Waals surface area contributed by atoms with Gasteiger partial charge in [-0.1, -0.05) is 62.3 Å². The van der Waals surface area contributed by atoms with Crippen molar-refractivity contribution in [1.29, 1.82) is 0 Å². The normalized spacial score (nSPS) is 19.7. The van der Waals surface area contributed by atoms with Gasteiger partial charge in [0.2, 0.25) is 17.6 Å². The minimum atomic E-state index is -4.15. The van der Waals surface area contributed by atoms with Crippen molar-refractivity contribution in [1.82, 2.24) is 87.8 Å². The van der Waals surface area contributed by atoms with Gasteiger partial charge in [0.25, 0.3) is 47.8 Å². The van der Waals surface area contributed by atoms with Crippen LogP contribution in [0.3, 0.4) is 0 Å². The number of aromatic nitrogens is 15. The highest BCUT2D eigenvalue weighted by Crippen LogP contribution is 2.48. The van der Waals surface area contributed by atoms with E-state index >= 15 is 0 Å². The molecule has 12 heterocycles. The molecule has 3 aliphatic heterocycles. The summed E-state index contributed by atoms with van der Waals surface area (Å²) in [6.07, 6.45) is 19.2. The largest absolute Gasteiger partial charge is 0.476 e. The molecular formula is C84H117N21O12S3. The van der Waals surface area contributed by atoms with Crippen molar-refractivity contribution >= 4 is 65.2 Å². The standard InChI is InChI=1S/3C28H39N7O4S/c3*1-18(2)20-14-27(4,5)34(15-20)25-21(26(36)32-40(37,38)22-16-33(7)30-19(22)3)8-9-23(29-25)35-13-10-24(31-35)39-17-28(6)11-12-28/h3*8-10,13,16,18,20H,11-12,14-15,17H2,1-7H3,(H,32,36). The summed E-state index contributed by atoms with van der Waals surface area (Å²) in [5, 5.41) is 26.0. The number of carbonyl (C=O) groups excluding carboxylic acids is 3. The number of aryl methyl sites for hydroxylation is 6. The molecule has 33 nitrogen and oxygen atoms in total. The Hall–Kier alpha value is -10.2. The Labute approximate surface area is 704 Å². The third-order valence-electron chi connectivity index (χ3n) is 24.5. The van der Waals surface area contributed by atoms with Crippen LogP contribution >= 0.6 is 0 Å². The number of hydrogen-bond donors (Lipinski definition) is 3. The lowest BCUT2D eigenvalue weighted by molar-refractivity contribution is 0.0972. The monoisotopic (exact) mass is 1710 g/mol. The van der Waals surface area contributed by atoms with Gasteiger partial charge in [0.15, 0.2) is 17.5 Å². The zero-order valence-corrected chi connectivity index (χ0v) is 75.4. The van der Waals surface area contributed by atoms with Gasteiger partial charge < -0.3 is 28.9 Å². The molecule has 36 heteroatoms. The summed E-state index contributed by atoms with van der Waals surface area (Å²) >= 11 is 0. The van der Waals surface area contributed by atoms with Crippen molar-refractivity contribution < 1.29 is 53.8 Å². The summed E-state index contributed by atoms with van der Waals surface area (Å²) in [7, 11) is -7.54. The first-order valence-electron chi connectivity index (χ1n) is 41.2. The third kappa shape index (κ3) is 19.5. The first kappa shape index (κ1) is 87.6. The number of nitrogens with one attached hydrogen (secondary N) is 3. The average molecular weight is 1710 g/mol. The van der Waals surface area contributed by atoms with E-state index in [0.717, 1.165) is 57.8 Å². The van der Waals surface area contributed by atoms with Gasteiger partial charge in [0.05, 0.1) is 53.6 Å². The lowest BCUT2D eigenvalue weighted by Gasteiger charge is -2.34. The van der Waals surface area contributed by atoms with Gasteiger partial charge in [-0.05, 0) is 192 Å². The molecule has 3 atom stereocenters. The Kier molecular flexibility index (Phi) is 23.8. The van der Waals surface area contributed by atoms with Crippen LogP contribution in [0.4, 0.5) is 17.5 Å². The molecule has 0 spiro atoms. The fourth-order valence-corrected chi connectivity index (χ4v) is 19.3. The van der Waals surface area contributed by atoms with Gasteiger partial charge in [0.1, 0.15) is 32.1 Å². The van der Waals surface area contributed by atoms with Crippen LogP contribution in [0.25, 0.3) is 17.5 Å². The van der Waals surface area contributed by atoms with E-state index in [2.05, 4.69) is 163 Å². The summed E-state index contributed by atoms with van der Waals surface area (Å²) < 4.78 is 112. The van der Waals surface area contributed by atoms with Gasteiger partial charge in [-0.2, -0.15) is 15.3 Å². The van der Waals surface area contributed by atoms with Crippen molar-refractivity contribution in [3.8, 4) is 35.1 Å². The Morgan fingerprint density at radius 2 is 0.633 bits per heavy atom. The first-order valence-corrected chi connectivity index (χ1v) is 45.6. The molecule has 3 N–H and O–H groups in total. The summed E-state index contributed by atoms with van der Waals surface area (Å²) in [5.74, 6) is 4.59. The second-order valence-electron chi connectivity index (χ2n) is 37.7. The second-order valence-corrected chi connectivity index (χ2v) is 42.6. The number of rotatable bonds is 27. The minimum Gasteiger partial charge on any atom is -0.476 e. The topological polar surface area (TPSA) is 373 Å². The lowest BCUT2D eigenvalue weighted by Crippen LogP contribution is -2.41. The van der Waals surface area contributed by atoms with Crippen LogP contribution in [0.5, 0.6) is 17.6 Å². The Morgan fingerprint density at radius 3 is 0.833 bits per heavy atom. The van der Waals surface area contributed by atoms with E-state index in [0.29, 0.717) is 145 Å². The summed E-state index contributed by atoms with van der Waals surface area (Å²) in [6, 6.07) is 15.2. The Bertz CT molecular complexity index is 5150. The SMILES string of the molecule is Cc1nn(C)cc1S(=O)(=O)NC(=O)c1ccc(-n2ccc(OCC3(C)CC3)n2)nc1N1CC(C(C)C)CC1(C)C.Cc1nn(C)cc1S(=O)(=O)NC(=O)c1ccc(-n2ccc(OCC3(C)CC3)n2)nc1N1CC(C(C)C)CC1(C)C.Cc1nn(C)cc1S(=O)(=O)NC(=O)c1ccc(-n2ccc(OCC3(C)CC3)n2)nc1N1CC(C(C)C)CC1(C)C. The number of sulfonamides is 3. The molecule has 120 heavy (non-hydrogen) atoms. The fraction of sp³-hybridized carbons (Fsp3) is 0.571. The van der Waals surface area contributed by atoms with Crippen LogP contribution < -0.4 is 43.1 Å². The molecule has 15 rings (SSSR count). The Morgan fingerprint density at radius 1 is 0.392 bits per heavy atom. The molecule has 0 bridgehead atoms. The van der Waals surface area contributed by atoms with E-state index in [9.17, 15) is 39.6 Å². The van der Waals surface area contributed by atoms with Crippen molar-refractivity contribution in [2.45, 2.75) is 214 Å². The molecular weight excluding hydrogens is 1590 g/mol. The third-order valence-corrected chi connectivity index (χ3v) is 28.8. The van der Waals surface area contributed by atoms with Gasteiger partial charge in [-0.15, -0.1) is 15.3 Å². The van der Waals surface area contributed by atoms with Crippen molar-refractivity contribution in [2.75, 3.05) is 54.2 Å². The van der Waals surface area contributed by atoms with Gasteiger partial charge >= 0.3 is 0 Å². The van der Waals surface area contributed by atoms with Crippen LogP contribution in [0.15, 0.2) is 106 Å². The Balaban J connectivity index is 0.000000156. The highest BCUT2D eigenvalue weighted by Gasteiger charge is 2.47. The number of anilines is 3. The molecule has 3 saturated carbocycles. The van der Waals surface area contributed by atoms with Crippen molar-refractivity contribution in [3.63, 3.8) is 0 Å². The maximum atomic E-state index is 13.6. The predicted molar refractivity (Wildman–Crippen MR) is 453 cm³/mol. The van der Waals surface area contributed by atoms with E-state index in [4.69, 9.17) is 29.2 Å². The minimum absolute atomic E-state index is 0.0417. The maximum Gasteiger partial charge on any atom is 0.268 e. The van der Waals surface area contributed by atoms with Crippen molar-refractivity contribution in [2.24, 2.45) is 72.9 Å². The molecule has 0 aromatic carbocycles. The lowest BCUT2D eigenvalue weighted by atomic mass is 9.89. The molecule has 6 fully saturated rings. The molecule has 3 unspecified atom stereocenters. The summed E-state index contributed by atoms with van der Waals surface area (Å²) in [5.41, 5.74) is 1.25. The number of ether oxygens (including phenoxy) is 3. The van der Waals surface area contributed by atoms with Crippen LogP contribution in [0, 0.1) is 72.5 Å². The smallest absolute Gasteiger partial charge is 0.268 e. The summed E-state index contributed by atoms with van der Waals surface area (Å²) in [4.78, 5) is 61.6. The number of pyridine rings is 3. The molecule has 648 valence electrons. The molecule has 3 saturated heterocycles. The van der Waals surface area contributed by atoms with Gasteiger partial charge in [-0.25, -0.2) is 68.4 Å². The van der Waals surface area contributed by atoms with Crippen LogP contribution in [-0.4, -0.2) is 173 Å². The molecule has 6 aliphatic rings. The van der Waals surface area contributed by atoms with Crippen LogP contribution in [-0.2, 0) is 51.2 Å². The van der Waals surface area contributed by atoms with Crippen LogP contribution in [0.1, 0.15) is 210 Å². The number of nitrogens with zero attached hydrogens (tertiary/aromatic N) is 18. The zero-order chi connectivity index (χ0) is 87.1. The maximum absolute atomic E-state index is 13.6. The fourth-order valence-electron chi connectivity index (χ4n) is 15.8. The second kappa shape index (κ2) is 32.6. The zero-order valence-electron chi connectivity index (χ0n) is 72.9. The number of amides is 3. The molecule has 3 aliphatic carbocycles. The molecule has 0 radical (unpaired) electrons. The van der Waals surface area contributed by atoms with Crippen LogP contribution in [0.2, 0.25) is 0 Å².